The van der Waals surface area contributed by atoms with Crippen molar-refractivity contribution in [2.24, 2.45) is 0 Å². The topological polar surface area (TPSA) is 76.7 Å². The summed E-state index contributed by atoms with van der Waals surface area (Å²) in [5.74, 6) is 0.608. The maximum absolute atomic E-state index is 13.1. The molecule has 6 nitrogen and oxygen atoms in total. The van der Waals surface area contributed by atoms with Gasteiger partial charge in [0.05, 0.1) is 12.2 Å². The van der Waals surface area contributed by atoms with Gasteiger partial charge in [0.15, 0.2) is 0 Å². The van der Waals surface area contributed by atoms with Gasteiger partial charge in [-0.3, -0.25) is 4.79 Å². The Morgan fingerprint density at radius 2 is 1.91 bits per heavy atom. The van der Waals surface area contributed by atoms with Gasteiger partial charge >= 0.3 is 6.09 Å². The quantitative estimate of drug-likeness (QED) is 0.642. The van der Waals surface area contributed by atoms with Crippen LogP contribution in [0, 0.1) is 0 Å². The molecule has 6 heteroatoms. The molecule has 0 saturated heterocycles. The van der Waals surface area contributed by atoms with Crippen LogP contribution in [-0.4, -0.2) is 37.8 Å². The summed E-state index contributed by atoms with van der Waals surface area (Å²) in [6.07, 6.45) is 5.33. The van der Waals surface area contributed by atoms with E-state index >= 15 is 0 Å². The highest BCUT2D eigenvalue weighted by molar-refractivity contribution is 5.97. The Bertz CT molecular complexity index is 965. The Hall–Kier alpha value is -3.28. The van der Waals surface area contributed by atoms with E-state index in [0.29, 0.717) is 24.5 Å². The highest BCUT2D eigenvalue weighted by Crippen LogP contribution is 2.39. The van der Waals surface area contributed by atoms with Crippen molar-refractivity contribution in [2.75, 3.05) is 19.8 Å². The van der Waals surface area contributed by atoms with Gasteiger partial charge in [0.2, 0.25) is 0 Å². The molecule has 1 heterocycles. The third-order valence-corrected chi connectivity index (χ3v) is 6.53. The first-order valence-electron chi connectivity index (χ1n) is 11.2. The third-order valence-electron chi connectivity index (χ3n) is 6.53. The summed E-state index contributed by atoms with van der Waals surface area (Å²) in [4.78, 5) is 25.0. The molecule has 0 bridgehead atoms. The molecule has 0 radical (unpaired) electrons. The molecule has 4 rings (SSSR count). The van der Waals surface area contributed by atoms with Crippen molar-refractivity contribution < 1.29 is 19.1 Å². The molecule has 0 aromatic heterocycles. The van der Waals surface area contributed by atoms with Gasteiger partial charge in [-0.1, -0.05) is 55.1 Å². The van der Waals surface area contributed by atoms with E-state index in [4.69, 9.17) is 9.47 Å². The summed E-state index contributed by atoms with van der Waals surface area (Å²) in [6.45, 7) is 4.92. The SMILES string of the molecule is C=CCOC(=O)NC1CCC(CNC(=O)c2cccc3c2OCC3)(c2ccccc2)CC1. The second-order valence-corrected chi connectivity index (χ2v) is 8.53. The predicted molar refractivity (Wildman–Crippen MR) is 123 cm³/mol. The highest BCUT2D eigenvalue weighted by atomic mass is 16.5. The van der Waals surface area contributed by atoms with Crippen molar-refractivity contribution in [1.29, 1.82) is 0 Å². The van der Waals surface area contributed by atoms with Crippen molar-refractivity contribution in [2.45, 2.75) is 43.6 Å². The molecule has 2 amide bonds. The second-order valence-electron chi connectivity index (χ2n) is 8.53. The van der Waals surface area contributed by atoms with Crippen LogP contribution in [0.1, 0.15) is 47.2 Å². The van der Waals surface area contributed by atoms with Gasteiger partial charge in [-0.15, -0.1) is 0 Å². The van der Waals surface area contributed by atoms with Crippen LogP contribution < -0.4 is 15.4 Å². The largest absolute Gasteiger partial charge is 0.492 e. The van der Waals surface area contributed by atoms with Gasteiger partial charge < -0.3 is 20.1 Å². The molecule has 2 N–H and O–H groups in total. The number of alkyl carbamates (subject to hydrolysis) is 1. The maximum Gasteiger partial charge on any atom is 0.407 e. The number of hydrogen-bond acceptors (Lipinski definition) is 4. The highest BCUT2D eigenvalue weighted by Gasteiger charge is 2.38. The molecule has 1 aliphatic heterocycles. The van der Waals surface area contributed by atoms with E-state index in [9.17, 15) is 9.59 Å². The average molecular weight is 435 g/mol. The number of carbonyl (C=O) groups excluding carboxylic acids is 2. The summed E-state index contributed by atoms with van der Waals surface area (Å²) in [6, 6.07) is 16.1. The van der Waals surface area contributed by atoms with Crippen LogP contribution in [0.25, 0.3) is 0 Å². The van der Waals surface area contributed by atoms with Gasteiger partial charge in [0.25, 0.3) is 5.91 Å². The van der Waals surface area contributed by atoms with Crippen molar-refractivity contribution in [1.82, 2.24) is 10.6 Å². The van der Waals surface area contributed by atoms with Gasteiger partial charge in [-0.25, -0.2) is 4.79 Å². The number of fused-ring (bicyclic) bond motifs is 1. The van der Waals surface area contributed by atoms with Crippen molar-refractivity contribution in [3.63, 3.8) is 0 Å². The zero-order valence-electron chi connectivity index (χ0n) is 18.3. The van der Waals surface area contributed by atoms with Gasteiger partial charge in [0, 0.05) is 24.4 Å². The fourth-order valence-corrected chi connectivity index (χ4v) is 4.76. The molecule has 1 fully saturated rings. The standard InChI is InChI=1S/C26H30N2O4/c1-2-16-32-25(30)28-21-11-14-26(15-12-21,20-8-4-3-5-9-20)18-27-24(29)22-10-6-7-19-13-17-31-23(19)22/h2-10,21H,1,11-18H2,(H,27,29)(H,28,30). The number of benzene rings is 2. The lowest BCUT2D eigenvalue weighted by Crippen LogP contribution is -2.47. The summed E-state index contributed by atoms with van der Waals surface area (Å²) < 4.78 is 10.8. The Labute approximate surface area is 189 Å². The van der Waals surface area contributed by atoms with Crippen LogP contribution in [0.2, 0.25) is 0 Å². The van der Waals surface area contributed by atoms with Crippen LogP contribution in [0.4, 0.5) is 4.79 Å². The molecule has 1 aliphatic carbocycles. The zero-order chi connectivity index (χ0) is 22.4. The molecule has 0 unspecified atom stereocenters. The number of carbonyl (C=O) groups is 2. The van der Waals surface area contributed by atoms with Gasteiger partial charge in [-0.05, 0) is 42.9 Å². The lowest BCUT2D eigenvalue weighted by Gasteiger charge is -2.41. The van der Waals surface area contributed by atoms with Crippen molar-refractivity contribution >= 4 is 12.0 Å². The van der Waals surface area contributed by atoms with E-state index in [-0.39, 0.29) is 24.0 Å². The number of nitrogens with one attached hydrogen (secondary N) is 2. The van der Waals surface area contributed by atoms with E-state index in [2.05, 4.69) is 29.3 Å². The predicted octanol–water partition coefficient (Wildman–Crippen LogP) is 4.14. The van der Waals surface area contributed by atoms with Crippen LogP contribution >= 0.6 is 0 Å². The number of ether oxygens (including phenoxy) is 2. The van der Waals surface area contributed by atoms with Crippen LogP contribution in [0.15, 0.2) is 61.2 Å². The number of rotatable bonds is 7. The lowest BCUT2D eigenvalue weighted by atomic mass is 9.68. The monoisotopic (exact) mass is 434 g/mol. The normalized spacial score (nSPS) is 21.7. The van der Waals surface area contributed by atoms with Gasteiger partial charge in [-0.2, -0.15) is 0 Å². The first-order chi connectivity index (χ1) is 15.6. The minimum atomic E-state index is -0.409. The van der Waals surface area contributed by atoms with Crippen LogP contribution in [-0.2, 0) is 16.6 Å². The van der Waals surface area contributed by atoms with E-state index < -0.39 is 6.09 Å². The Kier molecular flexibility index (Phi) is 6.78. The first-order valence-corrected chi connectivity index (χ1v) is 11.2. The molecule has 1 saturated carbocycles. The molecule has 0 spiro atoms. The minimum Gasteiger partial charge on any atom is -0.492 e. The molecule has 168 valence electrons. The lowest BCUT2D eigenvalue weighted by molar-refractivity contribution is 0.0931. The Morgan fingerprint density at radius 3 is 2.66 bits per heavy atom. The fraction of sp³-hybridized carbons (Fsp3) is 0.385. The summed E-state index contributed by atoms with van der Waals surface area (Å²) >= 11 is 0. The second kappa shape index (κ2) is 9.90. The first kappa shape index (κ1) is 21.9. The van der Waals surface area contributed by atoms with Crippen LogP contribution in [0.5, 0.6) is 5.75 Å². The summed E-state index contributed by atoms with van der Waals surface area (Å²) in [5, 5.41) is 6.13. The Morgan fingerprint density at radius 1 is 1.12 bits per heavy atom. The van der Waals surface area contributed by atoms with E-state index in [1.165, 1.54) is 5.56 Å². The summed E-state index contributed by atoms with van der Waals surface area (Å²) in [7, 11) is 0. The minimum absolute atomic E-state index is 0.0608. The molecular weight excluding hydrogens is 404 g/mol. The molecule has 2 aliphatic rings. The molecule has 0 atom stereocenters. The number of para-hydroxylation sites is 1. The Balaban J connectivity index is 1.44. The van der Waals surface area contributed by atoms with Crippen LogP contribution in [0.3, 0.4) is 0 Å². The van der Waals surface area contributed by atoms with E-state index in [1.54, 1.807) is 6.08 Å². The number of amides is 2. The molecular formula is C26H30N2O4. The number of hydrogen-bond donors (Lipinski definition) is 2. The maximum atomic E-state index is 13.1. The van der Waals surface area contributed by atoms with Crippen molar-refractivity contribution in [3.8, 4) is 5.75 Å². The molecule has 32 heavy (non-hydrogen) atoms. The average Bonchev–Trinajstić information content (AvgIpc) is 3.32. The van der Waals surface area contributed by atoms with E-state index in [1.807, 2.05) is 36.4 Å². The third kappa shape index (κ3) is 4.79. The fourth-order valence-electron chi connectivity index (χ4n) is 4.76. The van der Waals surface area contributed by atoms with Gasteiger partial charge in [0.1, 0.15) is 12.4 Å². The smallest absolute Gasteiger partial charge is 0.407 e. The zero-order valence-corrected chi connectivity index (χ0v) is 18.3. The molecule has 2 aromatic rings. The molecule has 2 aromatic carbocycles. The summed E-state index contributed by atoms with van der Waals surface area (Å²) in [5.41, 5.74) is 2.72. The van der Waals surface area contributed by atoms with E-state index in [0.717, 1.165) is 37.7 Å². The van der Waals surface area contributed by atoms with Crippen molar-refractivity contribution in [3.05, 3.63) is 77.9 Å².